The molecule has 2 aromatic rings. The highest BCUT2D eigenvalue weighted by molar-refractivity contribution is 8.18. The normalized spacial score (nSPS) is 20.9. The van der Waals surface area contributed by atoms with E-state index in [1.165, 1.54) is 11.8 Å². The molecule has 0 saturated heterocycles. The van der Waals surface area contributed by atoms with Crippen molar-refractivity contribution in [3.63, 3.8) is 0 Å². The highest BCUT2D eigenvalue weighted by Gasteiger charge is 2.53. The predicted molar refractivity (Wildman–Crippen MR) is 156 cm³/mol. The first kappa shape index (κ1) is 29.0. The van der Waals surface area contributed by atoms with Gasteiger partial charge >= 0.3 is 0 Å². The van der Waals surface area contributed by atoms with E-state index in [1.807, 2.05) is 67.3 Å². The van der Waals surface area contributed by atoms with Crippen LogP contribution in [0.3, 0.4) is 0 Å². The number of halogens is 2. The van der Waals surface area contributed by atoms with E-state index >= 15 is 0 Å². The van der Waals surface area contributed by atoms with Crippen LogP contribution in [0.1, 0.15) is 51.8 Å². The summed E-state index contributed by atoms with van der Waals surface area (Å²) in [5.74, 6) is 0.0534. The molecule has 9 heteroatoms. The van der Waals surface area contributed by atoms with Gasteiger partial charge in [-0.05, 0) is 73.8 Å². The zero-order valence-corrected chi connectivity index (χ0v) is 24.8. The highest BCUT2D eigenvalue weighted by Crippen LogP contribution is 2.56. The summed E-state index contributed by atoms with van der Waals surface area (Å²) >= 11 is 13.9. The number of hydrogen-bond acceptors (Lipinski definition) is 6. The van der Waals surface area contributed by atoms with Crippen LogP contribution in [0.2, 0.25) is 10.0 Å². The maximum Gasteiger partial charge on any atom is 0.262 e. The average molecular weight is 577 g/mol. The van der Waals surface area contributed by atoms with E-state index in [-0.39, 0.29) is 37.1 Å². The lowest BCUT2D eigenvalue weighted by Crippen LogP contribution is -2.41. The van der Waals surface area contributed by atoms with Crippen molar-refractivity contribution in [3.8, 4) is 0 Å². The second kappa shape index (κ2) is 12.0. The number of ether oxygens (including phenoxy) is 1. The van der Waals surface area contributed by atoms with Gasteiger partial charge in [0, 0.05) is 28.3 Å². The SMILES string of the molecule is CC(C)C1=C(C(=O)N(CCOCCO)C(C)C)SC2=NC(C)(c3ccc(Cl)cc3)[C@@H](c3ccc(Cl)cc3)N21. The van der Waals surface area contributed by atoms with E-state index in [0.29, 0.717) is 28.1 Å². The van der Waals surface area contributed by atoms with Crippen LogP contribution in [0, 0.1) is 5.92 Å². The van der Waals surface area contributed by atoms with E-state index in [9.17, 15) is 4.79 Å². The molecule has 0 radical (unpaired) electrons. The van der Waals surface area contributed by atoms with Gasteiger partial charge in [0.1, 0.15) is 10.4 Å². The number of rotatable bonds is 10. The van der Waals surface area contributed by atoms with Gasteiger partial charge in [-0.1, -0.05) is 61.3 Å². The Morgan fingerprint density at radius 3 is 2.24 bits per heavy atom. The number of amidine groups is 1. The lowest BCUT2D eigenvalue weighted by atomic mass is 9.81. The minimum atomic E-state index is -0.606. The van der Waals surface area contributed by atoms with E-state index < -0.39 is 5.54 Å². The number of nitrogens with zero attached hydrogens (tertiary/aromatic N) is 3. The number of thioether (sulfide) groups is 1. The maximum atomic E-state index is 14.0. The summed E-state index contributed by atoms with van der Waals surface area (Å²) in [6.45, 7) is 11.4. The summed E-state index contributed by atoms with van der Waals surface area (Å²) in [4.78, 5) is 24.1. The summed E-state index contributed by atoms with van der Waals surface area (Å²) in [6.07, 6.45) is 0. The minimum absolute atomic E-state index is 0.00878. The van der Waals surface area contributed by atoms with Gasteiger partial charge in [-0.3, -0.25) is 4.79 Å². The number of aliphatic hydroxyl groups is 1. The van der Waals surface area contributed by atoms with Gasteiger partial charge < -0.3 is 19.6 Å². The van der Waals surface area contributed by atoms with Crippen LogP contribution in [0.15, 0.2) is 64.1 Å². The molecule has 4 rings (SSSR count). The van der Waals surface area contributed by atoms with Gasteiger partial charge in [0.15, 0.2) is 5.17 Å². The second-order valence-electron chi connectivity index (χ2n) is 10.3. The first-order valence-electron chi connectivity index (χ1n) is 12.9. The Labute approximate surface area is 239 Å². The molecular weight excluding hydrogens is 541 g/mol. The lowest BCUT2D eigenvalue weighted by molar-refractivity contribution is -0.129. The quantitative estimate of drug-likeness (QED) is 0.328. The average Bonchev–Trinajstić information content (AvgIpc) is 3.37. The van der Waals surface area contributed by atoms with Gasteiger partial charge in [-0.25, -0.2) is 4.99 Å². The molecule has 2 aromatic carbocycles. The molecule has 1 unspecified atom stereocenters. The van der Waals surface area contributed by atoms with Gasteiger partial charge in [-0.2, -0.15) is 0 Å². The van der Waals surface area contributed by atoms with Crippen LogP contribution in [0.4, 0.5) is 0 Å². The molecule has 1 N–H and O–H groups in total. The Balaban J connectivity index is 1.78. The molecule has 0 bridgehead atoms. The first-order valence-corrected chi connectivity index (χ1v) is 14.5. The standard InChI is InChI=1S/C29H35Cl2N3O3S/c1-18(2)24-25(27(36)33(19(3)4)14-16-37-17-15-35)38-28-32-29(5,21-8-12-23(31)13-9-21)26(34(24)28)20-6-10-22(30)11-7-20/h6-13,18-19,26,35H,14-17H2,1-5H3/t26-,29?/m1/s1. The summed E-state index contributed by atoms with van der Waals surface area (Å²) < 4.78 is 5.47. The number of hydrogen-bond donors (Lipinski definition) is 1. The number of fused-ring (bicyclic) bond motifs is 1. The highest BCUT2D eigenvalue weighted by atomic mass is 35.5. The van der Waals surface area contributed by atoms with Crippen molar-refractivity contribution < 1.29 is 14.6 Å². The van der Waals surface area contributed by atoms with Crippen molar-refractivity contribution in [1.82, 2.24) is 9.80 Å². The Bertz CT molecular complexity index is 1210. The number of amides is 1. The molecule has 1 amide bonds. The first-order chi connectivity index (χ1) is 18.1. The number of aliphatic imine (C=N–C) groups is 1. The number of aliphatic hydroxyl groups excluding tert-OH is 1. The van der Waals surface area contributed by atoms with Crippen molar-refractivity contribution in [1.29, 1.82) is 0 Å². The van der Waals surface area contributed by atoms with Crippen LogP contribution < -0.4 is 0 Å². The summed E-state index contributed by atoms with van der Waals surface area (Å²) in [5, 5.41) is 11.2. The fourth-order valence-corrected chi connectivity index (χ4v) is 6.73. The van der Waals surface area contributed by atoms with Crippen LogP contribution in [0.5, 0.6) is 0 Å². The lowest BCUT2D eigenvalue weighted by Gasteiger charge is -2.37. The van der Waals surface area contributed by atoms with E-state index in [1.54, 1.807) is 0 Å². The molecular formula is C29H35Cl2N3O3S. The largest absolute Gasteiger partial charge is 0.394 e. The third kappa shape index (κ3) is 5.63. The molecule has 0 aliphatic carbocycles. The van der Waals surface area contributed by atoms with Gasteiger partial charge in [0.2, 0.25) is 0 Å². The molecule has 2 heterocycles. The molecule has 38 heavy (non-hydrogen) atoms. The molecule has 204 valence electrons. The van der Waals surface area contributed by atoms with Crippen LogP contribution in [0.25, 0.3) is 0 Å². The van der Waals surface area contributed by atoms with Crippen LogP contribution in [-0.4, -0.2) is 58.4 Å². The molecule has 2 aliphatic heterocycles. The van der Waals surface area contributed by atoms with Crippen molar-refractivity contribution in [2.75, 3.05) is 26.4 Å². The number of carbonyl (C=O) groups excluding carboxylic acids is 1. The molecule has 0 spiro atoms. The zero-order valence-electron chi connectivity index (χ0n) is 22.4. The third-order valence-electron chi connectivity index (χ3n) is 6.96. The van der Waals surface area contributed by atoms with Crippen molar-refractivity contribution in [3.05, 3.63) is 80.3 Å². The summed E-state index contributed by atoms with van der Waals surface area (Å²) in [6, 6.07) is 15.5. The van der Waals surface area contributed by atoms with Crippen molar-refractivity contribution >= 4 is 46.0 Å². The van der Waals surface area contributed by atoms with Crippen LogP contribution in [-0.2, 0) is 15.1 Å². The summed E-state index contributed by atoms with van der Waals surface area (Å²) in [5.41, 5.74) is 2.48. The molecule has 2 atom stereocenters. The molecule has 0 saturated carbocycles. The third-order valence-corrected chi connectivity index (χ3v) is 8.52. The molecule has 6 nitrogen and oxygen atoms in total. The smallest absolute Gasteiger partial charge is 0.262 e. The Morgan fingerprint density at radius 2 is 1.68 bits per heavy atom. The van der Waals surface area contributed by atoms with Crippen molar-refractivity contribution in [2.45, 2.75) is 52.2 Å². The second-order valence-corrected chi connectivity index (χ2v) is 12.1. The number of carbonyl (C=O) groups is 1. The fourth-order valence-electron chi connectivity index (χ4n) is 5.12. The Hall–Kier alpha value is -2.03. The molecule has 2 aliphatic rings. The zero-order chi connectivity index (χ0) is 27.6. The van der Waals surface area contributed by atoms with E-state index in [0.717, 1.165) is 22.0 Å². The number of benzene rings is 2. The Kier molecular flexibility index (Phi) is 9.15. The van der Waals surface area contributed by atoms with Gasteiger partial charge in [-0.15, -0.1) is 0 Å². The number of allylic oxidation sites excluding steroid dienone is 1. The summed E-state index contributed by atoms with van der Waals surface area (Å²) in [7, 11) is 0. The molecule has 0 fully saturated rings. The van der Waals surface area contributed by atoms with Crippen LogP contribution >= 0.6 is 35.0 Å². The maximum absolute atomic E-state index is 14.0. The van der Waals surface area contributed by atoms with Crippen molar-refractivity contribution in [2.24, 2.45) is 10.9 Å². The predicted octanol–water partition coefficient (Wildman–Crippen LogP) is 6.48. The monoisotopic (exact) mass is 575 g/mol. The van der Waals surface area contributed by atoms with E-state index in [4.69, 9.17) is 38.0 Å². The topological polar surface area (TPSA) is 65.4 Å². The van der Waals surface area contributed by atoms with Gasteiger partial charge in [0.25, 0.3) is 5.91 Å². The molecule has 0 aromatic heterocycles. The minimum Gasteiger partial charge on any atom is -0.394 e. The van der Waals surface area contributed by atoms with Gasteiger partial charge in [0.05, 0.1) is 25.9 Å². The Morgan fingerprint density at radius 1 is 1.08 bits per heavy atom. The van der Waals surface area contributed by atoms with E-state index in [2.05, 4.69) is 25.7 Å². The fraction of sp³-hybridized carbons (Fsp3) is 0.448.